The summed E-state index contributed by atoms with van der Waals surface area (Å²) in [5, 5.41) is 11.2. The number of aliphatic imine (C=N–C) groups is 1. The lowest BCUT2D eigenvalue weighted by Gasteiger charge is -2.34. The summed E-state index contributed by atoms with van der Waals surface area (Å²) in [6.45, 7) is 2.14. The van der Waals surface area contributed by atoms with Crippen LogP contribution in [0, 0.1) is 0 Å². The molecule has 1 aliphatic carbocycles. The highest BCUT2D eigenvalue weighted by Gasteiger charge is 2.26. The van der Waals surface area contributed by atoms with Crippen LogP contribution in [0.5, 0.6) is 0 Å². The van der Waals surface area contributed by atoms with Crippen molar-refractivity contribution in [2.24, 2.45) is 12.0 Å². The Morgan fingerprint density at radius 2 is 2.04 bits per heavy atom. The van der Waals surface area contributed by atoms with E-state index in [1.165, 1.54) is 12.8 Å². The number of likely N-dealkylation sites (N-methyl/N-ethyl adjacent to an activating group) is 1. The second-order valence-electron chi connectivity index (χ2n) is 7.17. The van der Waals surface area contributed by atoms with Crippen LogP contribution in [0.1, 0.15) is 25.7 Å². The molecule has 0 radical (unpaired) electrons. The van der Waals surface area contributed by atoms with Crippen molar-refractivity contribution in [2.45, 2.75) is 37.8 Å². The van der Waals surface area contributed by atoms with Crippen molar-refractivity contribution >= 4 is 41.5 Å². The van der Waals surface area contributed by atoms with E-state index in [0.29, 0.717) is 12.1 Å². The molecule has 1 aromatic rings. The maximum atomic E-state index is 11.8. The molecule has 1 aromatic heterocycles. The Hall–Kier alpha value is -1.52. The molecular weight excluding hydrogens is 445 g/mol. The van der Waals surface area contributed by atoms with E-state index in [-0.39, 0.29) is 36.4 Å². The summed E-state index contributed by atoms with van der Waals surface area (Å²) < 4.78 is 1.83. The van der Waals surface area contributed by atoms with Gasteiger partial charge in [0.05, 0.1) is 11.9 Å². The second kappa shape index (κ2) is 9.43. The number of hydrogen-bond acceptors (Lipinski definition) is 4. The number of rotatable bonds is 5. The summed E-state index contributed by atoms with van der Waals surface area (Å²) >= 11 is 0. The molecule has 1 saturated carbocycles. The number of nitrogens with one attached hydrogen (secondary N) is 2. The number of guanidine groups is 1. The predicted molar refractivity (Wildman–Crippen MR) is 114 cm³/mol. The number of hydrogen-bond donors (Lipinski definition) is 2. The zero-order valence-corrected chi connectivity index (χ0v) is 18.1. The van der Waals surface area contributed by atoms with Crippen LogP contribution in [0.3, 0.4) is 0 Å². The Labute approximate surface area is 172 Å². The van der Waals surface area contributed by atoms with E-state index >= 15 is 0 Å². The second-order valence-corrected chi connectivity index (χ2v) is 7.17. The molecule has 0 aromatic carbocycles. The number of carbonyl (C=O) groups excluding carboxylic acids is 1. The van der Waals surface area contributed by atoms with Crippen LogP contribution < -0.4 is 15.5 Å². The maximum absolute atomic E-state index is 11.8. The molecule has 0 bridgehead atoms. The zero-order valence-electron chi connectivity index (χ0n) is 15.8. The van der Waals surface area contributed by atoms with Gasteiger partial charge < -0.3 is 20.4 Å². The first kappa shape index (κ1) is 20.8. The van der Waals surface area contributed by atoms with E-state index in [1.54, 1.807) is 19.0 Å². The first-order chi connectivity index (χ1) is 12.0. The highest BCUT2D eigenvalue weighted by molar-refractivity contribution is 14.0. The van der Waals surface area contributed by atoms with Crippen molar-refractivity contribution in [2.75, 3.05) is 38.6 Å². The fraction of sp³-hybridized carbons (Fsp3) is 0.706. The van der Waals surface area contributed by atoms with Crippen LogP contribution >= 0.6 is 24.0 Å². The van der Waals surface area contributed by atoms with Crippen LogP contribution in [-0.2, 0) is 11.8 Å². The minimum atomic E-state index is 0. The fourth-order valence-electron chi connectivity index (χ4n) is 2.94. The van der Waals surface area contributed by atoms with Gasteiger partial charge in [0.15, 0.2) is 5.96 Å². The molecule has 2 heterocycles. The van der Waals surface area contributed by atoms with Gasteiger partial charge >= 0.3 is 0 Å². The number of aryl methyl sites for hydroxylation is 1. The molecule has 26 heavy (non-hydrogen) atoms. The van der Waals surface area contributed by atoms with Crippen LogP contribution in [0.25, 0.3) is 0 Å². The third-order valence-electron chi connectivity index (χ3n) is 4.61. The number of aromatic nitrogens is 2. The summed E-state index contributed by atoms with van der Waals surface area (Å²) in [6.07, 6.45) is 8.54. The monoisotopic (exact) mass is 475 g/mol. The minimum Gasteiger partial charge on any atom is -0.367 e. The Balaban J connectivity index is 0.00000243. The lowest BCUT2D eigenvalue weighted by molar-refractivity contribution is -0.127. The number of anilines is 1. The van der Waals surface area contributed by atoms with Crippen molar-refractivity contribution in [1.82, 2.24) is 25.3 Å². The average molecular weight is 475 g/mol. The summed E-state index contributed by atoms with van der Waals surface area (Å²) in [4.78, 5) is 20.2. The smallest absolute Gasteiger partial charge is 0.243 e. The van der Waals surface area contributed by atoms with Gasteiger partial charge in [-0.1, -0.05) is 0 Å². The zero-order chi connectivity index (χ0) is 17.8. The molecule has 2 N–H and O–H groups in total. The minimum absolute atomic E-state index is 0. The molecule has 1 aliphatic heterocycles. The molecule has 1 amide bonds. The van der Waals surface area contributed by atoms with E-state index in [9.17, 15) is 4.79 Å². The van der Waals surface area contributed by atoms with Gasteiger partial charge in [0.1, 0.15) is 6.54 Å². The average Bonchev–Trinajstić information content (AvgIpc) is 3.30. The molecular formula is C17H30IN7O. The van der Waals surface area contributed by atoms with Gasteiger partial charge in [-0.05, 0) is 25.7 Å². The third kappa shape index (κ3) is 6.03. The maximum Gasteiger partial charge on any atom is 0.243 e. The molecule has 146 valence electrons. The molecule has 1 atom stereocenters. The van der Waals surface area contributed by atoms with Gasteiger partial charge in [-0.15, -0.1) is 24.0 Å². The van der Waals surface area contributed by atoms with Gasteiger partial charge in [0.25, 0.3) is 0 Å². The van der Waals surface area contributed by atoms with Crippen LogP contribution in [0.2, 0.25) is 0 Å². The van der Waals surface area contributed by atoms with E-state index in [4.69, 9.17) is 0 Å². The van der Waals surface area contributed by atoms with Gasteiger partial charge in [-0.25, -0.2) is 4.99 Å². The molecule has 0 spiro atoms. The Kier molecular flexibility index (Phi) is 7.54. The lowest BCUT2D eigenvalue weighted by Crippen LogP contribution is -2.52. The van der Waals surface area contributed by atoms with Gasteiger partial charge in [-0.3, -0.25) is 9.48 Å². The quantitative estimate of drug-likeness (QED) is 0.374. The molecule has 8 nitrogen and oxygen atoms in total. The van der Waals surface area contributed by atoms with Crippen molar-refractivity contribution < 1.29 is 4.79 Å². The van der Waals surface area contributed by atoms with Crippen molar-refractivity contribution in [1.29, 1.82) is 0 Å². The molecule has 1 unspecified atom stereocenters. The van der Waals surface area contributed by atoms with Crippen LogP contribution in [-0.4, -0.2) is 72.4 Å². The largest absolute Gasteiger partial charge is 0.367 e. The fourth-order valence-corrected chi connectivity index (χ4v) is 2.94. The first-order valence-electron chi connectivity index (χ1n) is 9.02. The summed E-state index contributed by atoms with van der Waals surface area (Å²) in [6, 6.07) is 0.812. The van der Waals surface area contributed by atoms with Crippen molar-refractivity contribution in [3.8, 4) is 0 Å². The Bertz CT molecular complexity index is 626. The van der Waals surface area contributed by atoms with Crippen LogP contribution in [0.4, 0.5) is 5.69 Å². The van der Waals surface area contributed by atoms with E-state index in [2.05, 4.69) is 31.8 Å². The molecule has 2 aliphatic rings. The Morgan fingerprint density at radius 3 is 2.65 bits per heavy atom. The molecule has 3 rings (SSSR count). The number of carbonyl (C=O) groups is 1. The van der Waals surface area contributed by atoms with E-state index < -0.39 is 0 Å². The highest BCUT2D eigenvalue weighted by atomic mass is 127. The standard InChI is InChI=1S/C17H29N7O.HI/c1-22(2)16(25)10-18-17(20-13-6-7-13)21-14-5-4-8-24(11-14)15-9-19-23(3)12-15;/h9,12-14H,4-8,10-11H2,1-3H3,(H2,18,20,21);1H. The van der Waals surface area contributed by atoms with E-state index in [0.717, 1.165) is 37.6 Å². The Morgan fingerprint density at radius 1 is 1.31 bits per heavy atom. The molecule has 2 fully saturated rings. The van der Waals surface area contributed by atoms with Crippen molar-refractivity contribution in [3.05, 3.63) is 12.4 Å². The number of nitrogens with zero attached hydrogens (tertiary/aromatic N) is 5. The van der Waals surface area contributed by atoms with Crippen molar-refractivity contribution in [3.63, 3.8) is 0 Å². The normalized spacial score (nSPS) is 20.3. The first-order valence-corrected chi connectivity index (χ1v) is 9.02. The number of piperidine rings is 1. The summed E-state index contributed by atoms with van der Waals surface area (Å²) in [7, 11) is 5.45. The number of amides is 1. The number of halogens is 1. The topological polar surface area (TPSA) is 77.8 Å². The van der Waals surface area contributed by atoms with Gasteiger partial charge in [0, 0.05) is 52.5 Å². The van der Waals surface area contributed by atoms with E-state index in [1.807, 2.05) is 17.9 Å². The molecule has 9 heteroatoms. The van der Waals surface area contributed by atoms with Gasteiger partial charge in [-0.2, -0.15) is 5.10 Å². The summed E-state index contributed by atoms with van der Waals surface area (Å²) in [5.74, 6) is 0.772. The lowest BCUT2D eigenvalue weighted by atomic mass is 10.1. The predicted octanol–water partition coefficient (Wildman–Crippen LogP) is 0.793. The summed E-state index contributed by atoms with van der Waals surface area (Å²) in [5.41, 5.74) is 1.16. The third-order valence-corrected chi connectivity index (χ3v) is 4.61. The SMILES string of the molecule is CN(C)C(=O)CN=C(NC1CC1)NC1CCCN(c2cnn(C)c2)C1.I. The van der Waals surface area contributed by atoms with Gasteiger partial charge in [0.2, 0.25) is 5.91 Å². The highest BCUT2D eigenvalue weighted by Crippen LogP contribution is 2.20. The molecule has 1 saturated heterocycles. The van der Waals surface area contributed by atoms with Crippen LogP contribution in [0.15, 0.2) is 17.4 Å².